The van der Waals surface area contributed by atoms with Gasteiger partial charge in [0.15, 0.2) is 0 Å². The van der Waals surface area contributed by atoms with Crippen molar-refractivity contribution in [2.45, 2.75) is 0 Å². The summed E-state index contributed by atoms with van der Waals surface area (Å²) in [5.74, 6) is -0.271. The third kappa shape index (κ3) is 2.25. The number of nitrogens with one attached hydrogen (secondary N) is 2. The topological polar surface area (TPSA) is 57.8 Å². The molecule has 2 rings (SSSR count). The Hall–Kier alpha value is -1.33. The molecule has 0 saturated heterocycles. The van der Waals surface area contributed by atoms with Crippen molar-refractivity contribution in [3.63, 3.8) is 0 Å². The molecule has 0 bridgehead atoms. The molecule has 0 saturated carbocycles. The van der Waals surface area contributed by atoms with E-state index in [0.29, 0.717) is 20.7 Å². The maximum absolute atomic E-state index is 11.8. The van der Waals surface area contributed by atoms with E-state index in [9.17, 15) is 4.79 Å². The lowest BCUT2D eigenvalue weighted by Crippen LogP contribution is -2.11. The molecule has 0 spiro atoms. The average molecular weight is 301 g/mol. The summed E-state index contributed by atoms with van der Waals surface area (Å²) in [7, 11) is 0. The standard InChI is InChI=1S/C10H7BrClN3O/c11-8-3-1-2-7(9(8)12)10(16)15-6-4-13-14-5-6/h1-5H,(H,13,14)(H,15,16). The van der Waals surface area contributed by atoms with Gasteiger partial charge in [-0.25, -0.2) is 0 Å². The quantitative estimate of drug-likeness (QED) is 0.895. The number of halogens is 2. The molecule has 0 radical (unpaired) electrons. The highest BCUT2D eigenvalue weighted by molar-refractivity contribution is 9.10. The van der Waals surface area contributed by atoms with Crippen LogP contribution in [0.5, 0.6) is 0 Å². The molecule has 82 valence electrons. The van der Waals surface area contributed by atoms with Crippen molar-refractivity contribution >= 4 is 39.1 Å². The zero-order chi connectivity index (χ0) is 11.5. The van der Waals surface area contributed by atoms with Crippen molar-refractivity contribution in [1.29, 1.82) is 0 Å². The van der Waals surface area contributed by atoms with Crippen molar-refractivity contribution in [1.82, 2.24) is 10.2 Å². The average Bonchev–Trinajstić information content (AvgIpc) is 2.74. The van der Waals surface area contributed by atoms with Gasteiger partial charge in [0.05, 0.1) is 22.5 Å². The van der Waals surface area contributed by atoms with Crippen LogP contribution in [0.1, 0.15) is 10.4 Å². The second kappa shape index (κ2) is 4.67. The number of H-pyrrole nitrogens is 1. The fraction of sp³-hybridized carbons (Fsp3) is 0. The van der Waals surface area contributed by atoms with E-state index >= 15 is 0 Å². The first-order valence-corrected chi connectivity index (χ1v) is 5.59. The minimum absolute atomic E-state index is 0.271. The van der Waals surface area contributed by atoms with Crippen LogP contribution in [0.15, 0.2) is 35.1 Å². The molecule has 2 N–H and O–H groups in total. The Labute approximate surface area is 105 Å². The number of rotatable bonds is 2. The number of amides is 1. The molecule has 0 aliphatic heterocycles. The highest BCUT2D eigenvalue weighted by atomic mass is 79.9. The number of nitrogens with zero attached hydrogens (tertiary/aromatic N) is 1. The highest BCUT2D eigenvalue weighted by Crippen LogP contribution is 2.26. The lowest BCUT2D eigenvalue weighted by Gasteiger charge is -2.05. The largest absolute Gasteiger partial charge is 0.319 e. The van der Waals surface area contributed by atoms with E-state index in [1.54, 1.807) is 24.4 Å². The fourth-order valence-electron chi connectivity index (χ4n) is 1.20. The van der Waals surface area contributed by atoms with E-state index in [0.717, 1.165) is 0 Å². The normalized spacial score (nSPS) is 10.1. The van der Waals surface area contributed by atoms with Crippen LogP contribution in [-0.4, -0.2) is 16.1 Å². The fourth-order valence-corrected chi connectivity index (χ4v) is 1.77. The molecule has 1 amide bonds. The van der Waals surface area contributed by atoms with E-state index in [-0.39, 0.29) is 5.91 Å². The van der Waals surface area contributed by atoms with Crippen molar-refractivity contribution in [2.24, 2.45) is 0 Å². The van der Waals surface area contributed by atoms with Gasteiger partial charge >= 0.3 is 0 Å². The van der Waals surface area contributed by atoms with Crippen LogP contribution in [0.2, 0.25) is 5.02 Å². The Morgan fingerprint density at radius 2 is 2.31 bits per heavy atom. The molecule has 0 aliphatic carbocycles. The third-order valence-electron chi connectivity index (χ3n) is 1.95. The Balaban J connectivity index is 2.24. The number of aromatic nitrogens is 2. The zero-order valence-electron chi connectivity index (χ0n) is 8.00. The predicted octanol–water partition coefficient (Wildman–Crippen LogP) is 3.08. The number of aromatic amines is 1. The van der Waals surface area contributed by atoms with Crippen LogP contribution in [0, 0.1) is 0 Å². The number of benzene rings is 1. The van der Waals surface area contributed by atoms with Crippen molar-refractivity contribution in [3.05, 3.63) is 45.7 Å². The Bertz CT molecular complexity index is 513. The molecule has 1 aromatic heterocycles. The molecule has 1 heterocycles. The molecule has 4 nitrogen and oxygen atoms in total. The molecule has 0 fully saturated rings. The summed E-state index contributed by atoms with van der Waals surface area (Å²) in [6, 6.07) is 5.18. The van der Waals surface area contributed by atoms with E-state index < -0.39 is 0 Å². The van der Waals surface area contributed by atoms with Crippen molar-refractivity contribution in [2.75, 3.05) is 5.32 Å². The number of carbonyl (C=O) groups is 1. The summed E-state index contributed by atoms with van der Waals surface area (Å²) >= 11 is 9.26. The lowest BCUT2D eigenvalue weighted by atomic mass is 10.2. The van der Waals surface area contributed by atoms with Gasteiger partial charge in [-0.2, -0.15) is 5.10 Å². The monoisotopic (exact) mass is 299 g/mol. The van der Waals surface area contributed by atoms with Gasteiger partial charge < -0.3 is 5.32 Å². The number of hydrogen-bond donors (Lipinski definition) is 2. The van der Waals surface area contributed by atoms with Gasteiger partial charge in [-0.15, -0.1) is 0 Å². The molecule has 2 aromatic rings. The van der Waals surface area contributed by atoms with E-state index in [1.807, 2.05) is 0 Å². The Kier molecular flexibility index (Phi) is 3.26. The van der Waals surface area contributed by atoms with Crippen molar-refractivity contribution < 1.29 is 4.79 Å². The predicted molar refractivity (Wildman–Crippen MR) is 65.7 cm³/mol. The van der Waals surface area contributed by atoms with Gasteiger partial charge in [0.25, 0.3) is 5.91 Å². The number of carbonyl (C=O) groups excluding carboxylic acids is 1. The number of hydrogen-bond acceptors (Lipinski definition) is 2. The molecule has 0 atom stereocenters. The van der Waals surface area contributed by atoms with E-state index in [1.165, 1.54) is 6.20 Å². The second-order valence-electron chi connectivity index (χ2n) is 3.04. The highest BCUT2D eigenvalue weighted by Gasteiger charge is 2.12. The minimum atomic E-state index is -0.271. The van der Waals surface area contributed by atoms with Crippen LogP contribution in [0.4, 0.5) is 5.69 Å². The van der Waals surface area contributed by atoms with Gasteiger partial charge in [-0.3, -0.25) is 9.89 Å². The molecule has 0 unspecified atom stereocenters. The molecule has 6 heteroatoms. The van der Waals surface area contributed by atoms with Gasteiger partial charge in [-0.1, -0.05) is 17.7 Å². The van der Waals surface area contributed by atoms with Crippen LogP contribution >= 0.6 is 27.5 Å². The van der Waals surface area contributed by atoms with Crippen LogP contribution in [0.3, 0.4) is 0 Å². The molecule has 0 aliphatic rings. The van der Waals surface area contributed by atoms with Crippen LogP contribution in [-0.2, 0) is 0 Å². The van der Waals surface area contributed by atoms with Crippen molar-refractivity contribution in [3.8, 4) is 0 Å². The summed E-state index contributed by atoms with van der Waals surface area (Å²) in [4.78, 5) is 11.8. The van der Waals surface area contributed by atoms with Gasteiger partial charge in [0.2, 0.25) is 0 Å². The first kappa shape index (κ1) is 11.2. The molecular weight excluding hydrogens is 293 g/mol. The molecular formula is C10H7BrClN3O. The van der Waals surface area contributed by atoms with Gasteiger partial charge in [0.1, 0.15) is 0 Å². The Morgan fingerprint density at radius 1 is 1.50 bits per heavy atom. The molecule has 1 aromatic carbocycles. The Morgan fingerprint density at radius 3 is 3.00 bits per heavy atom. The maximum Gasteiger partial charge on any atom is 0.257 e. The molecule has 16 heavy (non-hydrogen) atoms. The summed E-state index contributed by atoms with van der Waals surface area (Å²) in [6.45, 7) is 0. The minimum Gasteiger partial charge on any atom is -0.319 e. The SMILES string of the molecule is O=C(Nc1cn[nH]c1)c1cccc(Br)c1Cl. The first-order chi connectivity index (χ1) is 7.68. The van der Waals surface area contributed by atoms with E-state index in [2.05, 4.69) is 31.4 Å². The first-order valence-electron chi connectivity index (χ1n) is 4.42. The maximum atomic E-state index is 11.8. The number of anilines is 1. The van der Waals surface area contributed by atoms with Gasteiger partial charge in [-0.05, 0) is 28.1 Å². The smallest absolute Gasteiger partial charge is 0.257 e. The van der Waals surface area contributed by atoms with E-state index in [4.69, 9.17) is 11.6 Å². The second-order valence-corrected chi connectivity index (χ2v) is 4.27. The lowest BCUT2D eigenvalue weighted by molar-refractivity contribution is 0.102. The van der Waals surface area contributed by atoms with Crippen LogP contribution in [0.25, 0.3) is 0 Å². The zero-order valence-corrected chi connectivity index (χ0v) is 10.3. The summed E-state index contributed by atoms with van der Waals surface area (Å²) < 4.78 is 0.689. The summed E-state index contributed by atoms with van der Waals surface area (Å²) in [5.41, 5.74) is 1.01. The summed E-state index contributed by atoms with van der Waals surface area (Å²) in [5, 5.41) is 9.39. The van der Waals surface area contributed by atoms with Gasteiger partial charge in [0, 0.05) is 10.7 Å². The van der Waals surface area contributed by atoms with Crippen LogP contribution < -0.4 is 5.32 Å². The summed E-state index contributed by atoms with van der Waals surface area (Å²) in [6.07, 6.45) is 3.10. The third-order valence-corrected chi connectivity index (χ3v) is 3.25.